The third-order valence-electron chi connectivity index (χ3n) is 2.84. The van der Waals surface area contributed by atoms with Gasteiger partial charge in [-0.1, -0.05) is 0 Å². The molecule has 0 N–H and O–H groups in total. The summed E-state index contributed by atoms with van der Waals surface area (Å²) in [4.78, 5) is 26.2. The fraction of sp³-hybridized carbons (Fsp3) is 0.615. The van der Waals surface area contributed by atoms with Crippen LogP contribution >= 0.6 is 34.0 Å². The van der Waals surface area contributed by atoms with Crippen LogP contribution in [0.2, 0.25) is 0 Å². The van der Waals surface area contributed by atoms with Crippen LogP contribution < -0.4 is 4.90 Å². The molecule has 0 atom stereocenters. The molecular weight excluding hydrogens is 402 g/mol. The summed E-state index contributed by atoms with van der Waals surface area (Å²) in [5.74, 6) is 0.601. The fourth-order valence-corrected chi connectivity index (χ4v) is 1.51. The zero-order chi connectivity index (χ0) is 14.6. The smallest absolute Gasteiger partial charge is 0.325 e. The Morgan fingerprint density at radius 2 is 1.62 bits per heavy atom. The summed E-state index contributed by atoms with van der Waals surface area (Å²) in [6, 6.07) is -0.0839. The quantitative estimate of drug-likeness (QED) is 0.741. The highest BCUT2D eigenvalue weighted by Crippen LogP contribution is 2.13. The number of nitrogens with zero attached hydrogens (tertiary/aromatic N) is 5. The van der Waals surface area contributed by atoms with Crippen LogP contribution in [-0.2, 0) is 0 Å². The van der Waals surface area contributed by atoms with Crippen molar-refractivity contribution in [2.45, 2.75) is 13.8 Å². The predicted octanol–water partition coefficient (Wildman–Crippen LogP) is 2.30. The molecule has 0 aromatic carbocycles. The molecule has 1 heterocycles. The van der Waals surface area contributed by atoms with Crippen molar-refractivity contribution in [3.8, 4) is 0 Å². The van der Waals surface area contributed by atoms with Crippen molar-refractivity contribution < 1.29 is 4.79 Å². The maximum atomic E-state index is 12.2. The maximum absolute atomic E-state index is 12.2. The van der Waals surface area contributed by atoms with Gasteiger partial charge in [0.15, 0.2) is 5.82 Å². The monoisotopic (exact) mass is 425 g/mol. The molecule has 1 aromatic heterocycles. The first-order chi connectivity index (χ1) is 8.82. The standard InChI is InChI=1S/C13H23N5O.2BrH/c1-10-11(2)15-12(9-14-10)18(8-7-16(3)4)13(19)17(5)6;;/h9H,7-8H2,1-6H3;2*1H. The molecule has 0 bridgehead atoms. The van der Waals surface area contributed by atoms with Gasteiger partial charge in [0.1, 0.15) is 0 Å². The van der Waals surface area contributed by atoms with E-state index >= 15 is 0 Å². The van der Waals surface area contributed by atoms with Gasteiger partial charge >= 0.3 is 6.03 Å². The minimum absolute atomic E-state index is 0. The minimum Gasteiger partial charge on any atom is -0.330 e. The number of aromatic nitrogens is 2. The van der Waals surface area contributed by atoms with E-state index in [1.165, 1.54) is 0 Å². The molecule has 0 unspecified atom stereocenters. The molecule has 122 valence electrons. The number of amides is 2. The molecule has 0 radical (unpaired) electrons. The molecule has 0 saturated heterocycles. The van der Waals surface area contributed by atoms with Crippen molar-refractivity contribution in [1.82, 2.24) is 19.8 Å². The number of anilines is 1. The minimum atomic E-state index is -0.0839. The van der Waals surface area contributed by atoms with Gasteiger partial charge in [0.05, 0.1) is 17.6 Å². The number of rotatable bonds is 4. The van der Waals surface area contributed by atoms with E-state index in [4.69, 9.17) is 0 Å². The third-order valence-corrected chi connectivity index (χ3v) is 2.84. The van der Waals surface area contributed by atoms with Gasteiger partial charge in [-0.3, -0.25) is 9.88 Å². The zero-order valence-electron chi connectivity index (χ0n) is 13.5. The molecule has 6 nitrogen and oxygen atoms in total. The second kappa shape index (κ2) is 10.1. The Balaban J connectivity index is 0. The van der Waals surface area contributed by atoms with Gasteiger partial charge in [-0.05, 0) is 27.9 Å². The number of halogens is 2. The van der Waals surface area contributed by atoms with Crippen molar-refractivity contribution in [2.75, 3.05) is 46.2 Å². The molecule has 21 heavy (non-hydrogen) atoms. The van der Waals surface area contributed by atoms with Crippen LogP contribution in [0.5, 0.6) is 0 Å². The third kappa shape index (κ3) is 6.71. The van der Waals surface area contributed by atoms with E-state index < -0.39 is 0 Å². The molecule has 0 spiro atoms. The SMILES string of the molecule is Br.Br.Cc1ncc(N(CCN(C)C)C(=O)N(C)C)nc1C. The summed E-state index contributed by atoms with van der Waals surface area (Å²) >= 11 is 0. The summed E-state index contributed by atoms with van der Waals surface area (Å²) in [5.41, 5.74) is 1.73. The van der Waals surface area contributed by atoms with Gasteiger partial charge < -0.3 is 9.80 Å². The Morgan fingerprint density at radius 1 is 1.05 bits per heavy atom. The predicted molar refractivity (Wildman–Crippen MR) is 97.1 cm³/mol. The van der Waals surface area contributed by atoms with E-state index in [1.807, 2.05) is 32.8 Å². The van der Waals surface area contributed by atoms with Gasteiger partial charge in [0, 0.05) is 27.2 Å². The highest BCUT2D eigenvalue weighted by Gasteiger charge is 2.19. The van der Waals surface area contributed by atoms with E-state index in [0.29, 0.717) is 12.4 Å². The molecule has 0 aliphatic rings. The number of urea groups is 1. The Kier molecular flexibility index (Phi) is 10.8. The van der Waals surface area contributed by atoms with Crippen LogP contribution in [0.25, 0.3) is 0 Å². The van der Waals surface area contributed by atoms with E-state index in [-0.39, 0.29) is 40.0 Å². The largest absolute Gasteiger partial charge is 0.330 e. The Labute approximate surface area is 148 Å². The van der Waals surface area contributed by atoms with Crippen molar-refractivity contribution in [1.29, 1.82) is 0 Å². The molecule has 0 aliphatic heterocycles. The average Bonchev–Trinajstić information content (AvgIpc) is 2.33. The molecule has 8 heteroatoms. The van der Waals surface area contributed by atoms with Crippen molar-refractivity contribution >= 4 is 45.8 Å². The highest BCUT2D eigenvalue weighted by atomic mass is 79.9. The topological polar surface area (TPSA) is 52.6 Å². The van der Waals surface area contributed by atoms with E-state index in [1.54, 1.807) is 30.1 Å². The first kappa shape index (κ1) is 22.5. The summed E-state index contributed by atoms with van der Waals surface area (Å²) in [7, 11) is 7.42. The van der Waals surface area contributed by atoms with E-state index in [0.717, 1.165) is 17.9 Å². The summed E-state index contributed by atoms with van der Waals surface area (Å²) in [5, 5.41) is 0. The Bertz CT molecular complexity index is 454. The number of likely N-dealkylation sites (N-methyl/N-ethyl adjacent to an activating group) is 1. The fourth-order valence-electron chi connectivity index (χ4n) is 1.51. The van der Waals surface area contributed by atoms with Gasteiger partial charge in [-0.2, -0.15) is 0 Å². The van der Waals surface area contributed by atoms with Crippen molar-refractivity contribution in [2.24, 2.45) is 0 Å². The molecule has 0 fully saturated rings. The first-order valence-corrected chi connectivity index (χ1v) is 6.26. The van der Waals surface area contributed by atoms with Crippen molar-refractivity contribution in [3.05, 3.63) is 17.6 Å². The summed E-state index contributed by atoms with van der Waals surface area (Å²) in [6.07, 6.45) is 1.65. The Morgan fingerprint density at radius 3 is 2.05 bits per heavy atom. The van der Waals surface area contributed by atoms with Crippen LogP contribution in [0.4, 0.5) is 10.6 Å². The van der Waals surface area contributed by atoms with Gasteiger partial charge in [0.2, 0.25) is 0 Å². The second-order valence-electron chi connectivity index (χ2n) is 5.03. The molecule has 0 aliphatic carbocycles. The highest BCUT2D eigenvalue weighted by molar-refractivity contribution is 8.93. The normalized spacial score (nSPS) is 9.67. The number of aryl methyl sites for hydroxylation is 2. The number of hydrogen-bond acceptors (Lipinski definition) is 4. The van der Waals surface area contributed by atoms with E-state index in [2.05, 4.69) is 9.97 Å². The van der Waals surface area contributed by atoms with Crippen LogP contribution in [0.1, 0.15) is 11.4 Å². The zero-order valence-corrected chi connectivity index (χ0v) is 16.9. The maximum Gasteiger partial charge on any atom is 0.325 e. The lowest BCUT2D eigenvalue weighted by Crippen LogP contribution is -2.43. The van der Waals surface area contributed by atoms with E-state index in [9.17, 15) is 4.79 Å². The van der Waals surface area contributed by atoms with Gasteiger partial charge in [0.25, 0.3) is 0 Å². The number of carbonyl (C=O) groups is 1. The lowest BCUT2D eigenvalue weighted by Gasteiger charge is -2.26. The average molecular weight is 427 g/mol. The molecule has 2 amide bonds. The molecule has 0 saturated carbocycles. The molecule has 1 rings (SSSR count). The van der Waals surface area contributed by atoms with Crippen LogP contribution in [0.15, 0.2) is 6.20 Å². The van der Waals surface area contributed by atoms with Gasteiger partial charge in [-0.25, -0.2) is 9.78 Å². The summed E-state index contributed by atoms with van der Waals surface area (Å²) < 4.78 is 0. The van der Waals surface area contributed by atoms with Gasteiger partial charge in [-0.15, -0.1) is 34.0 Å². The lowest BCUT2D eigenvalue weighted by molar-refractivity contribution is 0.222. The Hall–Kier alpha value is -0.730. The molecule has 1 aromatic rings. The van der Waals surface area contributed by atoms with Crippen LogP contribution in [-0.4, -0.2) is 67.1 Å². The molecular formula is C13H25Br2N5O. The van der Waals surface area contributed by atoms with Crippen molar-refractivity contribution in [3.63, 3.8) is 0 Å². The first-order valence-electron chi connectivity index (χ1n) is 6.26. The number of hydrogen-bond donors (Lipinski definition) is 0. The lowest BCUT2D eigenvalue weighted by atomic mass is 10.3. The van der Waals surface area contributed by atoms with Crippen LogP contribution in [0.3, 0.4) is 0 Å². The summed E-state index contributed by atoms with van der Waals surface area (Å²) in [6.45, 7) is 5.16. The van der Waals surface area contributed by atoms with Crippen LogP contribution in [0, 0.1) is 13.8 Å². The number of carbonyl (C=O) groups excluding carboxylic acids is 1. The second-order valence-corrected chi connectivity index (χ2v) is 5.03.